The van der Waals surface area contributed by atoms with Crippen LogP contribution >= 0.6 is 0 Å². The first kappa shape index (κ1) is 12.5. The number of aromatic nitrogens is 1. The lowest BCUT2D eigenvalue weighted by molar-refractivity contribution is -0.139. The first-order chi connectivity index (χ1) is 9.11. The molecule has 1 aromatic heterocycles. The van der Waals surface area contributed by atoms with Crippen LogP contribution in [0.1, 0.15) is 16.1 Å². The van der Waals surface area contributed by atoms with Gasteiger partial charge < -0.3 is 9.94 Å². The molecule has 0 atom stereocenters. The highest BCUT2D eigenvalue weighted by Crippen LogP contribution is 2.18. The Kier molecular flexibility index (Phi) is 3.36. The van der Waals surface area contributed by atoms with E-state index in [1.165, 1.54) is 24.4 Å². The van der Waals surface area contributed by atoms with Crippen LogP contribution < -0.4 is 5.90 Å². The molecule has 2 rings (SSSR count). The Morgan fingerprint density at radius 1 is 1.42 bits per heavy atom. The number of carboxylic acids is 1. The zero-order chi connectivity index (χ0) is 13.8. The Labute approximate surface area is 107 Å². The fraction of sp³-hybridized carbons (Fsp3) is 0. The minimum absolute atomic E-state index is 0.0232. The maximum Gasteiger partial charge on any atom is 0.365 e. The number of rotatable bonds is 3. The van der Waals surface area contributed by atoms with Crippen LogP contribution in [0.2, 0.25) is 0 Å². The van der Waals surface area contributed by atoms with Gasteiger partial charge in [0.1, 0.15) is 11.3 Å². The van der Waals surface area contributed by atoms with Crippen molar-refractivity contribution in [3.05, 3.63) is 47.0 Å². The summed E-state index contributed by atoms with van der Waals surface area (Å²) in [4.78, 5) is 34.0. The summed E-state index contributed by atoms with van der Waals surface area (Å²) >= 11 is 0. The van der Waals surface area contributed by atoms with Crippen LogP contribution in [-0.4, -0.2) is 27.9 Å². The fourth-order valence-corrected chi connectivity index (χ4v) is 1.36. The second kappa shape index (κ2) is 5.12. The second-order valence-corrected chi connectivity index (χ2v) is 3.43. The summed E-state index contributed by atoms with van der Waals surface area (Å²) in [7, 11) is 0. The summed E-state index contributed by atoms with van der Waals surface area (Å²) in [6, 6.07) is 2.68. The number of carbonyl (C=O) groups excluding carboxylic acids is 1. The molecular weight excluding hydrogens is 250 g/mol. The zero-order valence-electron chi connectivity index (χ0n) is 9.45. The van der Waals surface area contributed by atoms with Gasteiger partial charge in [0, 0.05) is 12.1 Å². The highest BCUT2D eigenvalue weighted by molar-refractivity contribution is 5.97. The minimum atomic E-state index is -1.09. The van der Waals surface area contributed by atoms with Gasteiger partial charge in [-0.2, -0.15) is 10.9 Å². The first-order valence-electron chi connectivity index (χ1n) is 5.03. The Balaban J connectivity index is 2.40. The van der Waals surface area contributed by atoms with Gasteiger partial charge in [-0.3, -0.25) is 4.98 Å². The van der Waals surface area contributed by atoms with Gasteiger partial charge in [-0.15, -0.1) is 0 Å². The van der Waals surface area contributed by atoms with Crippen molar-refractivity contribution < 1.29 is 19.5 Å². The molecule has 94 valence electrons. The Morgan fingerprint density at radius 2 is 2.21 bits per heavy atom. The van der Waals surface area contributed by atoms with Crippen molar-refractivity contribution in [1.29, 1.82) is 0 Å². The number of nitrogens with two attached hydrogens (primary N) is 1. The molecule has 1 aliphatic heterocycles. The van der Waals surface area contributed by atoms with E-state index in [0.29, 0.717) is 0 Å². The van der Waals surface area contributed by atoms with E-state index in [1.807, 2.05) is 0 Å². The maximum atomic E-state index is 11.2. The topological polar surface area (TPSA) is 115 Å². The number of nitrogens with zero attached hydrogens (tertiary/aromatic N) is 2. The Morgan fingerprint density at radius 3 is 2.89 bits per heavy atom. The molecule has 0 radical (unpaired) electrons. The lowest BCUT2D eigenvalue weighted by atomic mass is 10.1. The average molecular weight is 257 g/mol. The summed E-state index contributed by atoms with van der Waals surface area (Å²) in [5.74, 6) is 5.25. The molecule has 0 spiro atoms. The van der Waals surface area contributed by atoms with Crippen molar-refractivity contribution in [3.63, 3.8) is 0 Å². The summed E-state index contributed by atoms with van der Waals surface area (Å²) < 4.78 is 0. The predicted octanol–water partition coefficient (Wildman–Crippen LogP) is 0.302. The third-order valence-electron chi connectivity index (χ3n) is 2.24. The number of carboxylic acid groups (broad SMARTS) is 1. The summed E-state index contributed by atoms with van der Waals surface area (Å²) in [6.45, 7) is 0. The molecule has 1 aromatic rings. The predicted molar refractivity (Wildman–Crippen MR) is 63.9 cm³/mol. The molecule has 0 bridgehead atoms. The normalized spacial score (nSPS) is 12.7. The number of hydrogen-bond donors (Lipinski definition) is 2. The van der Waals surface area contributed by atoms with Crippen molar-refractivity contribution in [3.8, 4) is 0 Å². The lowest BCUT2D eigenvalue weighted by Crippen LogP contribution is -2.11. The number of aromatic carboxylic acids is 1. The van der Waals surface area contributed by atoms with E-state index in [0.717, 1.165) is 0 Å². The van der Waals surface area contributed by atoms with E-state index in [4.69, 9.17) is 11.0 Å². The van der Waals surface area contributed by atoms with Gasteiger partial charge in [0.25, 0.3) is 0 Å². The molecule has 0 saturated heterocycles. The van der Waals surface area contributed by atoms with E-state index < -0.39 is 11.9 Å². The number of carbonyl (C=O) groups is 2. The van der Waals surface area contributed by atoms with E-state index in [9.17, 15) is 9.59 Å². The van der Waals surface area contributed by atoms with Crippen LogP contribution in [-0.2, 0) is 9.63 Å². The maximum absolute atomic E-state index is 11.2. The second-order valence-electron chi connectivity index (χ2n) is 3.43. The van der Waals surface area contributed by atoms with E-state index in [1.54, 1.807) is 0 Å². The van der Waals surface area contributed by atoms with Crippen LogP contribution in [0.25, 0.3) is 5.70 Å². The molecule has 2 heterocycles. The van der Waals surface area contributed by atoms with Crippen LogP contribution in [0.5, 0.6) is 0 Å². The SMILES string of the molecule is NOC(=O)C1=C=C=NC(c2cc(C(=O)O)ccn2)=C1. The first-order valence-corrected chi connectivity index (χ1v) is 5.03. The molecule has 19 heavy (non-hydrogen) atoms. The van der Waals surface area contributed by atoms with Crippen LogP contribution in [0, 0.1) is 0 Å². The van der Waals surface area contributed by atoms with Gasteiger partial charge in [-0.05, 0) is 23.9 Å². The van der Waals surface area contributed by atoms with Gasteiger partial charge in [-0.1, -0.05) is 0 Å². The minimum Gasteiger partial charge on any atom is -0.478 e. The molecule has 0 aromatic carbocycles. The summed E-state index contributed by atoms with van der Waals surface area (Å²) in [5.41, 5.74) is 3.07. The van der Waals surface area contributed by atoms with E-state index in [2.05, 4.69) is 26.4 Å². The molecule has 3 N–H and O–H groups in total. The lowest BCUT2D eigenvalue weighted by Gasteiger charge is -2.03. The standard InChI is InChI=1S/C12H7N3O4/c13-19-12(18)8-2-4-15-10(6-8)9-5-7(11(16)17)1-3-14-9/h1,3,5-6H,13H2,(H,16,17). The largest absolute Gasteiger partial charge is 0.478 e. The van der Waals surface area contributed by atoms with Crippen molar-refractivity contribution >= 4 is 23.5 Å². The Bertz CT molecular complexity index is 693. The van der Waals surface area contributed by atoms with Gasteiger partial charge in [0.15, 0.2) is 0 Å². The van der Waals surface area contributed by atoms with Crippen molar-refractivity contribution in [2.45, 2.75) is 0 Å². The van der Waals surface area contributed by atoms with Crippen molar-refractivity contribution in [2.75, 3.05) is 0 Å². The quantitative estimate of drug-likeness (QED) is 0.594. The summed E-state index contributed by atoms with van der Waals surface area (Å²) in [6.07, 6.45) is 2.66. The molecular formula is C12H7N3O4. The van der Waals surface area contributed by atoms with Gasteiger partial charge >= 0.3 is 11.9 Å². The highest BCUT2D eigenvalue weighted by atomic mass is 16.7. The van der Waals surface area contributed by atoms with Crippen molar-refractivity contribution in [2.24, 2.45) is 10.9 Å². The monoisotopic (exact) mass is 257 g/mol. The number of pyridine rings is 1. The molecule has 0 fully saturated rings. The molecule has 1 aliphatic rings. The summed E-state index contributed by atoms with van der Waals surface area (Å²) in [5, 5.41) is 8.88. The van der Waals surface area contributed by atoms with Crippen molar-refractivity contribution in [1.82, 2.24) is 4.98 Å². The van der Waals surface area contributed by atoms with E-state index >= 15 is 0 Å². The third kappa shape index (κ3) is 2.65. The van der Waals surface area contributed by atoms with Gasteiger partial charge in [0.05, 0.1) is 11.3 Å². The molecule has 0 unspecified atom stereocenters. The molecule has 0 saturated carbocycles. The third-order valence-corrected chi connectivity index (χ3v) is 2.24. The molecule has 7 heteroatoms. The smallest absolute Gasteiger partial charge is 0.365 e. The van der Waals surface area contributed by atoms with Gasteiger partial charge in [0.2, 0.25) is 0 Å². The highest BCUT2D eigenvalue weighted by Gasteiger charge is 2.14. The number of hydrogen-bond acceptors (Lipinski definition) is 6. The molecule has 0 aliphatic carbocycles. The molecule has 7 nitrogen and oxygen atoms in total. The zero-order valence-corrected chi connectivity index (χ0v) is 9.45. The van der Waals surface area contributed by atoms with Crippen LogP contribution in [0.4, 0.5) is 0 Å². The van der Waals surface area contributed by atoms with Gasteiger partial charge in [-0.25, -0.2) is 9.59 Å². The molecule has 0 amide bonds. The van der Waals surface area contributed by atoms with Crippen LogP contribution in [0.15, 0.2) is 40.7 Å². The number of aliphatic imine (C=N–C) groups is 1. The van der Waals surface area contributed by atoms with Crippen LogP contribution in [0.3, 0.4) is 0 Å². The Hall–Kier alpha value is -2.98. The fourth-order valence-electron chi connectivity index (χ4n) is 1.36. The van der Waals surface area contributed by atoms with E-state index in [-0.39, 0.29) is 22.5 Å². The average Bonchev–Trinajstić information content (AvgIpc) is 2.46.